The average molecular weight is 278 g/mol. The third-order valence-corrected chi connectivity index (χ3v) is 3.58. The Bertz CT molecular complexity index is 375. The third kappa shape index (κ3) is 5.51. The fourth-order valence-corrected chi connectivity index (χ4v) is 2.28. The van der Waals surface area contributed by atoms with Crippen LogP contribution in [0, 0.1) is 6.92 Å². The summed E-state index contributed by atoms with van der Waals surface area (Å²) in [4.78, 5) is 2.38. The monoisotopic (exact) mass is 278 g/mol. The maximum Gasteiger partial charge on any atom is 0.126 e. The fraction of sp³-hybridized carbons (Fsp3) is 0.647. The number of nitrogens with one attached hydrogen (secondary N) is 1. The Morgan fingerprint density at radius 3 is 2.55 bits per heavy atom. The normalized spacial score (nSPS) is 11.1. The summed E-state index contributed by atoms with van der Waals surface area (Å²) in [6, 6.07) is 6.38. The lowest BCUT2D eigenvalue weighted by Gasteiger charge is -2.20. The Hall–Kier alpha value is -1.06. The molecule has 0 aromatic heterocycles. The lowest BCUT2D eigenvalue weighted by Crippen LogP contribution is -2.28. The van der Waals surface area contributed by atoms with Crippen molar-refractivity contribution in [2.45, 2.75) is 40.7 Å². The van der Waals surface area contributed by atoms with E-state index in [0.29, 0.717) is 0 Å². The molecule has 1 rings (SSSR count). The van der Waals surface area contributed by atoms with Gasteiger partial charge in [-0.25, -0.2) is 0 Å². The summed E-state index contributed by atoms with van der Waals surface area (Å²) in [7, 11) is 0. The quantitative estimate of drug-likeness (QED) is 0.665. The zero-order chi connectivity index (χ0) is 14.8. The van der Waals surface area contributed by atoms with Crippen molar-refractivity contribution in [3.63, 3.8) is 0 Å². The van der Waals surface area contributed by atoms with Crippen molar-refractivity contribution in [2.75, 3.05) is 32.8 Å². The molecule has 1 N–H and O–H groups in total. The molecule has 3 nitrogen and oxygen atoms in total. The van der Waals surface area contributed by atoms with Crippen LogP contribution >= 0.6 is 0 Å². The van der Waals surface area contributed by atoms with Gasteiger partial charge in [-0.3, -0.25) is 0 Å². The second-order valence-electron chi connectivity index (χ2n) is 5.12. The largest absolute Gasteiger partial charge is 0.492 e. The molecule has 1 aromatic carbocycles. The van der Waals surface area contributed by atoms with E-state index in [2.05, 4.69) is 56.1 Å². The summed E-state index contributed by atoms with van der Waals surface area (Å²) in [5.74, 6) is 1.06. The minimum atomic E-state index is 0.757. The molecule has 114 valence electrons. The Labute approximate surface area is 124 Å². The fourth-order valence-electron chi connectivity index (χ4n) is 2.28. The van der Waals surface area contributed by atoms with Gasteiger partial charge in [0.15, 0.2) is 0 Å². The molecule has 0 saturated carbocycles. The lowest BCUT2D eigenvalue weighted by atomic mass is 10.1. The zero-order valence-corrected chi connectivity index (χ0v) is 13.5. The molecule has 0 radical (unpaired) electrons. The van der Waals surface area contributed by atoms with Crippen molar-refractivity contribution in [3.8, 4) is 5.75 Å². The van der Waals surface area contributed by atoms with E-state index in [-0.39, 0.29) is 0 Å². The van der Waals surface area contributed by atoms with Gasteiger partial charge < -0.3 is 15.0 Å². The molecule has 0 heterocycles. The van der Waals surface area contributed by atoms with Gasteiger partial charge in [0.25, 0.3) is 0 Å². The number of hydrogen-bond acceptors (Lipinski definition) is 3. The molecule has 3 heteroatoms. The highest BCUT2D eigenvalue weighted by atomic mass is 16.5. The van der Waals surface area contributed by atoms with Gasteiger partial charge in [-0.05, 0) is 38.5 Å². The lowest BCUT2D eigenvalue weighted by molar-refractivity contribution is 0.220. The van der Waals surface area contributed by atoms with Gasteiger partial charge in [-0.15, -0.1) is 0 Å². The Balaban J connectivity index is 2.58. The number of hydrogen-bond donors (Lipinski definition) is 1. The summed E-state index contributed by atoms with van der Waals surface area (Å²) in [6.07, 6.45) is 1.16. The minimum Gasteiger partial charge on any atom is -0.492 e. The molecule has 0 spiro atoms. The Morgan fingerprint density at radius 2 is 1.90 bits per heavy atom. The van der Waals surface area contributed by atoms with Crippen LogP contribution in [-0.2, 0) is 6.54 Å². The molecule has 20 heavy (non-hydrogen) atoms. The topological polar surface area (TPSA) is 24.5 Å². The second kappa shape index (κ2) is 9.78. The van der Waals surface area contributed by atoms with E-state index in [1.807, 2.05) is 0 Å². The first-order valence-corrected chi connectivity index (χ1v) is 7.87. The van der Waals surface area contributed by atoms with Gasteiger partial charge in [-0.1, -0.05) is 39.0 Å². The van der Waals surface area contributed by atoms with Crippen LogP contribution in [0.3, 0.4) is 0 Å². The summed E-state index contributed by atoms with van der Waals surface area (Å²) < 4.78 is 6.05. The predicted molar refractivity (Wildman–Crippen MR) is 86.5 cm³/mol. The number of likely N-dealkylation sites (N-methyl/N-ethyl adjacent to an activating group) is 1. The smallest absolute Gasteiger partial charge is 0.126 e. The van der Waals surface area contributed by atoms with Crippen molar-refractivity contribution >= 4 is 0 Å². The van der Waals surface area contributed by atoms with Crippen LogP contribution in [0.25, 0.3) is 0 Å². The van der Waals surface area contributed by atoms with Crippen LogP contribution in [0.15, 0.2) is 18.2 Å². The van der Waals surface area contributed by atoms with Crippen molar-refractivity contribution in [1.29, 1.82) is 0 Å². The van der Waals surface area contributed by atoms with Crippen LogP contribution in [0.4, 0.5) is 0 Å². The molecular weight excluding hydrogens is 248 g/mol. The number of nitrogens with zero attached hydrogens (tertiary/aromatic N) is 1. The molecule has 0 bridgehead atoms. The van der Waals surface area contributed by atoms with E-state index in [4.69, 9.17) is 4.74 Å². The molecule has 0 saturated heterocycles. The number of aryl methyl sites for hydroxylation is 1. The molecule has 0 unspecified atom stereocenters. The molecule has 0 atom stereocenters. The van der Waals surface area contributed by atoms with Gasteiger partial charge in [-0.2, -0.15) is 0 Å². The third-order valence-electron chi connectivity index (χ3n) is 3.58. The molecule has 0 amide bonds. The van der Waals surface area contributed by atoms with Gasteiger partial charge in [0.1, 0.15) is 12.4 Å². The minimum absolute atomic E-state index is 0.757. The molecule has 0 aliphatic carbocycles. The van der Waals surface area contributed by atoms with Crippen LogP contribution in [-0.4, -0.2) is 37.7 Å². The zero-order valence-electron chi connectivity index (χ0n) is 13.5. The first-order chi connectivity index (χ1) is 9.72. The average Bonchev–Trinajstić information content (AvgIpc) is 2.46. The van der Waals surface area contributed by atoms with Crippen LogP contribution in [0.5, 0.6) is 5.75 Å². The van der Waals surface area contributed by atoms with Crippen molar-refractivity contribution in [1.82, 2.24) is 10.2 Å². The van der Waals surface area contributed by atoms with E-state index < -0.39 is 0 Å². The molecule has 0 aliphatic rings. The van der Waals surface area contributed by atoms with E-state index in [1.165, 1.54) is 11.1 Å². The van der Waals surface area contributed by atoms with Gasteiger partial charge >= 0.3 is 0 Å². The standard InChI is InChI=1S/C17H30N2O/c1-5-11-18-14-16-10-8-9-15(4)17(16)20-13-12-19(6-2)7-3/h8-10,18H,5-7,11-14H2,1-4H3. The maximum atomic E-state index is 6.05. The Morgan fingerprint density at radius 1 is 1.15 bits per heavy atom. The van der Waals surface area contributed by atoms with E-state index in [9.17, 15) is 0 Å². The molecule has 0 fully saturated rings. The highest BCUT2D eigenvalue weighted by molar-refractivity contribution is 5.40. The van der Waals surface area contributed by atoms with Gasteiger partial charge in [0, 0.05) is 18.7 Å². The molecule has 1 aromatic rings. The van der Waals surface area contributed by atoms with Gasteiger partial charge in [0.05, 0.1) is 0 Å². The summed E-state index contributed by atoms with van der Waals surface area (Å²) in [5.41, 5.74) is 2.48. The summed E-state index contributed by atoms with van der Waals surface area (Å²) in [6.45, 7) is 14.5. The van der Waals surface area contributed by atoms with Gasteiger partial charge in [0.2, 0.25) is 0 Å². The van der Waals surface area contributed by atoms with Crippen molar-refractivity contribution in [2.24, 2.45) is 0 Å². The molecular formula is C17H30N2O. The van der Waals surface area contributed by atoms with E-state index >= 15 is 0 Å². The van der Waals surface area contributed by atoms with Crippen LogP contribution in [0.2, 0.25) is 0 Å². The van der Waals surface area contributed by atoms with Crippen molar-refractivity contribution < 1.29 is 4.74 Å². The van der Waals surface area contributed by atoms with E-state index in [0.717, 1.165) is 51.5 Å². The second-order valence-corrected chi connectivity index (χ2v) is 5.12. The molecule has 0 aliphatic heterocycles. The summed E-state index contributed by atoms with van der Waals surface area (Å²) >= 11 is 0. The number of para-hydroxylation sites is 1. The van der Waals surface area contributed by atoms with Crippen molar-refractivity contribution in [3.05, 3.63) is 29.3 Å². The first-order valence-electron chi connectivity index (χ1n) is 7.87. The van der Waals surface area contributed by atoms with Crippen LogP contribution < -0.4 is 10.1 Å². The Kier molecular flexibility index (Phi) is 8.31. The number of benzene rings is 1. The maximum absolute atomic E-state index is 6.05. The number of ether oxygens (including phenoxy) is 1. The SMILES string of the molecule is CCCNCc1cccc(C)c1OCCN(CC)CC. The highest BCUT2D eigenvalue weighted by Crippen LogP contribution is 2.23. The van der Waals surface area contributed by atoms with E-state index in [1.54, 1.807) is 0 Å². The van der Waals surface area contributed by atoms with Crippen LogP contribution in [0.1, 0.15) is 38.3 Å². The number of rotatable bonds is 10. The first kappa shape index (κ1) is 17.0. The highest BCUT2D eigenvalue weighted by Gasteiger charge is 2.07. The summed E-state index contributed by atoms with van der Waals surface area (Å²) in [5, 5.41) is 3.45. The predicted octanol–water partition coefficient (Wildman–Crippen LogP) is 3.22.